The van der Waals surface area contributed by atoms with Crippen LogP contribution in [0.5, 0.6) is 0 Å². The van der Waals surface area contributed by atoms with Gasteiger partial charge in [0, 0.05) is 4.90 Å². The van der Waals surface area contributed by atoms with E-state index in [0.717, 1.165) is 17.7 Å². The summed E-state index contributed by atoms with van der Waals surface area (Å²) >= 11 is 0. The molecule has 0 spiro atoms. The first-order chi connectivity index (χ1) is 12.1. The van der Waals surface area contributed by atoms with E-state index in [1.165, 1.54) is 6.07 Å². The van der Waals surface area contributed by atoms with Crippen LogP contribution in [-0.4, -0.2) is 22.3 Å². The summed E-state index contributed by atoms with van der Waals surface area (Å²) in [7, 11) is -1.65. The third-order valence-corrected chi connectivity index (χ3v) is 5.39. The van der Waals surface area contributed by atoms with Crippen LogP contribution in [0.4, 0.5) is 13.2 Å². The highest BCUT2D eigenvalue weighted by Gasteiger charge is 2.34. The Balaban J connectivity index is 2.12. The van der Waals surface area contributed by atoms with Crippen molar-refractivity contribution in [2.75, 3.05) is 6.61 Å². The molecule has 138 valence electrons. The minimum Gasteiger partial charge on any atom is -0.475 e. The number of hydrogen-bond donors (Lipinski definition) is 0. The third kappa shape index (κ3) is 3.82. The highest BCUT2D eigenvalue weighted by atomic mass is 32.2. The summed E-state index contributed by atoms with van der Waals surface area (Å²) in [6.07, 6.45) is -4.51. The molecular formula is C19H18F3NO2S. The predicted molar refractivity (Wildman–Crippen MR) is 93.9 cm³/mol. The molecule has 0 radical (unpaired) electrons. The van der Waals surface area contributed by atoms with Crippen molar-refractivity contribution in [1.82, 2.24) is 0 Å². The molecular weight excluding hydrogens is 363 g/mol. The normalized spacial score (nSPS) is 17.5. The molecule has 26 heavy (non-hydrogen) atoms. The summed E-state index contributed by atoms with van der Waals surface area (Å²) in [5.74, 6) is 0.0940. The van der Waals surface area contributed by atoms with E-state index in [1.54, 1.807) is 12.1 Å². The van der Waals surface area contributed by atoms with E-state index in [0.29, 0.717) is 4.90 Å². The van der Waals surface area contributed by atoms with Crippen molar-refractivity contribution in [2.45, 2.75) is 42.3 Å². The average Bonchev–Trinajstić information content (AvgIpc) is 2.93. The number of benzene rings is 2. The number of ether oxygens (including phenoxy) is 1. The van der Waals surface area contributed by atoms with Gasteiger partial charge < -0.3 is 4.74 Å². The zero-order valence-corrected chi connectivity index (χ0v) is 15.4. The van der Waals surface area contributed by atoms with E-state index in [4.69, 9.17) is 4.74 Å². The lowest BCUT2D eigenvalue weighted by molar-refractivity contribution is -0.137. The van der Waals surface area contributed by atoms with Crippen LogP contribution in [0.15, 0.2) is 57.2 Å². The van der Waals surface area contributed by atoms with Crippen LogP contribution in [0, 0.1) is 6.92 Å². The Kier molecular flexibility index (Phi) is 4.69. The van der Waals surface area contributed by atoms with Crippen LogP contribution < -0.4 is 0 Å². The van der Waals surface area contributed by atoms with Crippen LogP contribution in [0.1, 0.15) is 30.5 Å². The molecule has 1 aliphatic heterocycles. The van der Waals surface area contributed by atoms with Gasteiger partial charge >= 0.3 is 6.18 Å². The summed E-state index contributed by atoms with van der Waals surface area (Å²) in [6.45, 7) is 5.81. The zero-order valence-electron chi connectivity index (χ0n) is 14.6. The Morgan fingerprint density at radius 2 is 1.77 bits per heavy atom. The number of nitrogens with zero attached hydrogens (tertiary/aromatic N) is 1. The largest absolute Gasteiger partial charge is 0.475 e. The first-order valence-electron chi connectivity index (χ1n) is 7.99. The highest BCUT2D eigenvalue weighted by Crippen LogP contribution is 2.34. The van der Waals surface area contributed by atoms with Crippen molar-refractivity contribution in [3.8, 4) is 0 Å². The fourth-order valence-electron chi connectivity index (χ4n) is 2.55. The molecule has 0 saturated heterocycles. The standard InChI is InChI=1S/C19H18F3NO2S/c1-12-4-7-14(8-5-12)26(24)16-9-6-13(19(20,21)22)10-15(16)17-23-18(2,3)11-25-17/h4-10H,11H2,1-3H3. The molecule has 0 aliphatic carbocycles. The molecule has 1 heterocycles. The molecule has 2 aromatic carbocycles. The topological polar surface area (TPSA) is 38.7 Å². The smallest absolute Gasteiger partial charge is 0.416 e. The lowest BCUT2D eigenvalue weighted by Gasteiger charge is -2.13. The molecule has 3 rings (SSSR count). The minimum atomic E-state index is -4.51. The Morgan fingerprint density at radius 1 is 1.12 bits per heavy atom. The first kappa shape index (κ1) is 18.6. The summed E-state index contributed by atoms with van der Waals surface area (Å²) in [6, 6.07) is 10.2. The molecule has 0 bridgehead atoms. The van der Waals surface area contributed by atoms with Gasteiger partial charge in [-0.2, -0.15) is 13.2 Å². The van der Waals surface area contributed by atoms with Gasteiger partial charge in [-0.3, -0.25) is 0 Å². The third-order valence-electron chi connectivity index (χ3n) is 3.94. The lowest BCUT2D eigenvalue weighted by Crippen LogP contribution is -2.17. The van der Waals surface area contributed by atoms with E-state index in [1.807, 2.05) is 32.9 Å². The molecule has 7 heteroatoms. The molecule has 0 aromatic heterocycles. The Hall–Kier alpha value is -2.15. The molecule has 1 atom stereocenters. The van der Waals surface area contributed by atoms with Gasteiger partial charge in [-0.15, -0.1) is 0 Å². The van der Waals surface area contributed by atoms with Crippen LogP contribution in [-0.2, 0) is 21.7 Å². The van der Waals surface area contributed by atoms with Crippen molar-refractivity contribution in [1.29, 1.82) is 0 Å². The lowest BCUT2D eigenvalue weighted by atomic mass is 10.1. The summed E-state index contributed by atoms with van der Waals surface area (Å²) in [5, 5.41) is 0. The SMILES string of the molecule is Cc1ccc(S(=O)c2ccc(C(F)(F)F)cc2C2=NC(C)(C)CO2)cc1. The Morgan fingerprint density at radius 3 is 2.31 bits per heavy atom. The molecule has 3 nitrogen and oxygen atoms in total. The average molecular weight is 381 g/mol. The first-order valence-corrected chi connectivity index (χ1v) is 9.14. The minimum absolute atomic E-state index is 0.0940. The molecule has 1 unspecified atom stereocenters. The molecule has 0 amide bonds. The van der Waals surface area contributed by atoms with Gasteiger partial charge in [-0.25, -0.2) is 9.20 Å². The predicted octanol–water partition coefficient (Wildman–Crippen LogP) is 4.74. The fraction of sp³-hybridized carbons (Fsp3) is 0.316. The number of aliphatic imine (C=N–C) groups is 1. The van der Waals surface area contributed by atoms with Crippen LogP contribution in [0.3, 0.4) is 0 Å². The van der Waals surface area contributed by atoms with Crippen LogP contribution in [0.25, 0.3) is 0 Å². The Labute approximate surface area is 152 Å². The summed E-state index contributed by atoms with van der Waals surface area (Å²) in [5.41, 5.74) is -0.243. The van der Waals surface area contributed by atoms with Gasteiger partial charge in [-0.1, -0.05) is 17.7 Å². The van der Waals surface area contributed by atoms with Gasteiger partial charge in [0.2, 0.25) is 5.90 Å². The van der Waals surface area contributed by atoms with E-state index in [-0.39, 0.29) is 23.0 Å². The second kappa shape index (κ2) is 6.54. The summed E-state index contributed by atoms with van der Waals surface area (Å²) < 4.78 is 57.9. The van der Waals surface area contributed by atoms with Gasteiger partial charge in [-0.05, 0) is 51.1 Å². The van der Waals surface area contributed by atoms with E-state index < -0.39 is 28.1 Å². The quantitative estimate of drug-likeness (QED) is 0.771. The van der Waals surface area contributed by atoms with E-state index >= 15 is 0 Å². The maximum atomic E-state index is 13.2. The van der Waals surface area contributed by atoms with Gasteiger partial charge in [0.1, 0.15) is 6.61 Å². The molecule has 0 saturated carbocycles. The van der Waals surface area contributed by atoms with Gasteiger partial charge in [0.05, 0.1) is 32.4 Å². The second-order valence-corrected chi connectivity index (χ2v) is 8.26. The Bertz CT molecular complexity index is 887. The van der Waals surface area contributed by atoms with Crippen molar-refractivity contribution >= 4 is 16.7 Å². The van der Waals surface area contributed by atoms with Gasteiger partial charge in [0.15, 0.2) is 0 Å². The van der Waals surface area contributed by atoms with Crippen molar-refractivity contribution in [3.63, 3.8) is 0 Å². The fourth-order valence-corrected chi connectivity index (χ4v) is 3.72. The monoisotopic (exact) mass is 381 g/mol. The molecule has 0 N–H and O–H groups in total. The van der Waals surface area contributed by atoms with Crippen molar-refractivity contribution in [2.24, 2.45) is 4.99 Å². The number of hydrogen-bond acceptors (Lipinski definition) is 3. The van der Waals surface area contributed by atoms with Crippen LogP contribution >= 0.6 is 0 Å². The maximum absolute atomic E-state index is 13.2. The zero-order chi connectivity index (χ0) is 19.1. The number of aryl methyl sites for hydroxylation is 1. The molecule has 2 aromatic rings. The van der Waals surface area contributed by atoms with E-state index in [2.05, 4.69) is 4.99 Å². The van der Waals surface area contributed by atoms with Crippen molar-refractivity contribution in [3.05, 3.63) is 59.2 Å². The van der Waals surface area contributed by atoms with Crippen molar-refractivity contribution < 1.29 is 22.1 Å². The summed E-state index contributed by atoms with van der Waals surface area (Å²) in [4.78, 5) is 5.11. The maximum Gasteiger partial charge on any atom is 0.416 e. The number of rotatable bonds is 3. The van der Waals surface area contributed by atoms with E-state index in [9.17, 15) is 17.4 Å². The van der Waals surface area contributed by atoms with Gasteiger partial charge in [0.25, 0.3) is 0 Å². The molecule has 0 fully saturated rings. The molecule has 1 aliphatic rings. The number of halogens is 3. The van der Waals surface area contributed by atoms with Crippen LogP contribution in [0.2, 0.25) is 0 Å². The number of alkyl halides is 3. The highest BCUT2D eigenvalue weighted by molar-refractivity contribution is 7.85. The second-order valence-electron chi connectivity index (χ2n) is 6.81.